The number of nitrogens with two attached hydrogens (primary N) is 1. The Kier molecular flexibility index (Phi) is 7.79. The van der Waals surface area contributed by atoms with E-state index < -0.39 is 59.3 Å². The van der Waals surface area contributed by atoms with Crippen molar-refractivity contribution >= 4 is 11.6 Å². The van der Waals surface area contributed by atoms with Crippen molar-refractivity contribution in [2.45, 2.75) is 25.3 Å². The standard InChI is InChI=1S/C26H21ClF4N4O4/c1-39-21-12-6-11-20(22(21)27)35-24(37)33(13-16-17(26(29,30)31)9-5-10-18(16)28)23(36)34(25(35)38)14-19(32)15-7-3-2-4-8-15/h2-12,19H,13-14,32H2,1H3. The fourth-order valence-corrected chi connectivity index (χ4v) is 4.39. The molecule has 2 N–H and O–H groups in total. The second-order valence-electron chi connectivity index (χ2n) is 8.45. The Morgan fingerprint density at radius 2 is 1.54 bits per heavy atom. The van der Waals surface area contributed by atoms with E-state index in [-0.39, 0.29) is 16.5 Å². The molecule has 4 rings (SSSR count). The van der Waals surface area contributed by atoms with Gasteiger partial charge in [-0.05, 0) is 29.8 Å². The summed E-state index contributed by atoms with van der Waals surface area (Å²) in [5.41, 5.74) is 0.482. The van der Waals surface area contributed by atoms with E-state index in [1.807, 2.05) is 0 Å². The molecule has 0 saturated carbocycles. The van der Waals surface area contributed by atoms with Gasteiger partial charge in [-0.3, -0.25) is 0 Å². The molecule has 0 spiro atoms. The predicted octanol–water partition coefficient (Wildman–Crippen LogP) is 3.73. The van der Waals surface area contributed by atoms with E-state index in [1.54, 1.807) is 30.3 Å². The Morgan fingerprint density at radius 1 is 0.897 bits per heavy atom. The van der Waals surface area contributed by atoms with Crippen LogP contribution in [0, 0.1) is 5.82 Å². The molecule has 8 nitrogen and oxygen atoms in total. The number of alkyl halides is 3. The van der Waals surface area contributed by atoms with Crippen LogP contribution in [0.15, 0.2) is 81.1 Å². The highest BCUT2D eigenvalue weighted by atomic mass is 35.5. The summed E-state index contributed by atoms with van der Waals surface area (Å²) in [5, 5.41) is -0.176. The van der Waals surface area contributed by atoms with E-state index >= 15 is 0 Å². The monoisotopic (exact) mass is 564 g/mol. The zero-order chi connectivity index (χ0) is 28.5. The van der Waals surface area contributed by atoms with Crippen LogP contribution in [0.25, 0.3) is 5.69 Å². The Balaban J connectivity index is 2.01. The lowest BCUT2D eigenvalue weighted by Gasteiger charge is -2.19. The lowest BCUT2D eigenvalue weighted by Crippen LogP contribution is -2.55. The van der Waals surface area contributed by atoms with Gasteiger partial charge >= 0.3 is 23.2 Å². The maximum absolute atomic E-state index is 14.7. The molecule has 1 aromatic heterocycles. The quantitative estimate of drug-likeness (QED) is 0.345. The van der Waals surface area contributed by atoms with Crippen LogP contribution in [0.3, 0.4) is 0 Å². The minimum Gasteiger partial charge on any atom is -0.495 e. The summed E-state index contributed by atoms with van der Waals surface area (Å²) >= 11 is 6.35. The molecule has 204 valence electrons. The van der Waals surface area contributed by atoms with Gasteiger partial charge in [0, 0.05) is 11.6 Å². The highest BCUT2D eigenvalue weighted by Gasteiger charge is 2.35. The van der Waals surface area contributed by atoms with Crippen LogP contribution in [0.4, 0.5) is 17.6 Å². The minimum atomic E-state index is -4.99. The van der Waals surface area contributed by atoms with Crippen LogP contribution in [-0.4, -0.2) is 20.8 Å². The molecule has 0 fully saturated rings. The van der Waals surface area contributed by atoms with Crippen molar-refractivity contribution in [3.63, 3.8) is 0 Å². The molecule has 3 aromatic carbocycles. The second kappa shape index (κ2) is 10.9. The van der Waals surface area contributed by atoms with Crippen molar-refractivity contribution < 1.29 is 22.3 Å². The molecule has 0 aliphatic rings. The van der Waals surface area contributed by atoms with Crippen molar-refractivity contribution in [1.29, 1.82) is 0 Å². The lowest BCUT2D eigenvalue weighted by atomic mass is 10.1. The maximum Gasteiger partial charge on any atom is 0.416 e. The van der Waals surface area contributed by atoms with E-state index in [1.165, 1.54) is 25.3 Å². The van der Waals surface area contributed by atoms with Crippen LogP contribution >= 0.6 is 11.6 Å². The van der Waals surface area contributed by atoms with Gasteiger partial charge in [-0.2, -0.15) is 13.2 Å². The molecule has 0 aliphatic carbocycles. The third-order valence-electron chi connectivity index (χ3n) is 6.06. The first-order chi connectivity index (χ1) is 18.5. The van der Waals surface area contributed by atoms with Crippen LogP contribution in [0.1, 0.15) is 22.7 Å². The molecule has 0 amide bonds. The molecule has 1 unspecified atom stereocenters. The van der Waals surface area contributed by atoms with Gasteiger partial charge in [0.2, 0.25) is 0 Å². The van der Waals surface area contributed by atoms with Crippen molar-refractivity contribution in [2.24, 2.45) is 5.73 Å². The Morgan fingerprint density at radius 3 is 2.18 bits per heavy atom. The summed E-state index contributed by atoms with van der Waals surface area (Å²) < 4.78 is 62.3. The fourth-order valence-electron chi connectivity index (χ4n) is 4.11. The molecule has 13 heteroatoms. The minimum absolute atomic E-state index is 0.0826. The van der Waals surface area contributed by atoms with Crippen LogP contribution in [-0.2, 0) is 19.3 Å². The van der Waals surface area contributed by atoms with Gasteiger partial charge in [-0.1, -0.05) is 54.1 Å². The number of nitrogens with zero attached hydrogens (tertiary/aromatic N) is 3. The molecule has 1 heterocycles. The summed E-state index contributed by atoms with van der Waals surface area (Å²) in [6.07, 6.45) is -4.99. The molecular formula is C26H21ClF4N4O4. The first-order valence-corrected chi connectivity index (χ1v) is 11.8. The SMILES string of the molecule is COc1cccc(-n2c(=O)n(Cc3c(F)cccc3C(F)(F)F)c(=O)n(CC(N)c3ccccc3)c2=O)c1Cl. The molecule has 0 radical (unpaired) electrons. The Bertz CT molecular complexity index is 1700. The normalized spacial score (nSPS) is 12.4. The van der Waals surface area contributed by atoms with E-state index in [4.69, 9.17) is 22.1 Å². The number of hydrogen-bond donors (Lipinski definition) is 1. The molecule has 1 atom stereocenters. The number of ether oxygens (including phenoxy) is 1. The number of benzene rings is 3. The van der Waals surface area contributed by atoms with Crippen LogP contribution < -0.4 is 27.5 Å². The average molecular weight is 565 g/mol. The topological polar surface area (TPSA) is 101 Å². The maximum atomic E-state index is 14.7. The van der Waals surface area contributed by atoms with Crippen LogP contribution in [0.5, 0.6) is 5.75 Å². The summed E-state index contributed by atoms with van der Waals surface area (Å²) in [5.74, 6) is -1.21. The zero-order valence-corrected chi connectivity index (χ0v) is 21.0. The van der Waals surface area contributed by atoms with Gasteiger partial charge in [0.05, 0.1) is 31.5 Å². The number of hydrogen-bond acceptors (Lipinski definition) is 5. The van der Waals surface area contributed by atoms with Crippen LogP contribution in [0.2, 0.25) is 5.02 Å². The number of methoxy groups -OCH3 is 1. The Hall–Kier alpha value is -4.16. The van der Waals surface area contributed by atoms with Crippen molar-refractivity contribution in [3.05, 3.63) is 126 Å². The fraction of sp³-hybridized carbons (Fsp3) is 0.192. The van der Waals surface area contributed by atoms with Crippen molar-refractivity contribution in [2.75, 3.05) is 7.11 Å². The third-order valence-corrected chi connectivity index (χ3v) is 6.44. The first kappa shape index (κ1) is 27.9. The van der Waals surface area contributed by atoms with E-state index in [0.717, 1.165) is 12.1 Å². The number of aromatic nitrogens is 3. The van der Waals surface area contributed by atoms with Gasteiger partial charge in [0.15, 0.2) is 0 Å². The van der Waals surface area contributed by atoms with E-state index in [0.29, 0.717) is 25.3 Å². The molecule has 39 heavy (non-hydrogen) atoms. The van der Waals surface area contributed by atoms with Crippen molar-refractivity contribution in [3.8, 4) is 11.4 Å². The third kappa shape index (κ3) is 5.38. The molecule has 0 saturated heterocycles. The average Bonchev–Trinajstić information content (AvgIpc) is 2.90. The Labute approximate surface area is 223 Å². The van der Waals surface area contributed by atoms with E-state index in [9.17, 15) is 31.9 Å². The highest BCUT2D eigenvalue weighted by molar-refractivity contribution is 6.33. The smallest absolute Gasteiger partial charge is 0.416 e. The lowest BCUT2D eigenvalue weighted by molar-refractivity contribution is -0.138. The zero-order valence-electron chi connectivity index (χ0n) is 20.3. The predicted molar refractivity (Wildman–Crippen MR) is 136 cm³/mol. The summed E-state index contributed by atoms with van der Waals surface area (Å²) in [6, 6.07) is 13.9. The largest absolute Gasteiger partial charge is 0.495 e. The van der Waals surface area contributed by atoms with Gasteiger partial charge in [-0.15, -0.1) is 0 Å². The van der Waals surface area contributed by atoms with E-state index in [2.05, 4.69) is 0 Å². The van der Waals surface area contributed by atoms with Gasteiger partial charge in [0.25, 0.3) is 0 Å². The highest BCUT2D eigenvalue weighted by Crippen LogP contribution is 2.33. The molecule has 0 bridgehead atoms. The molecular weight excluding hydrogens is 544 g/mol. The van der Waals surface area contributed by atoms with Gasteiger partial charge in [0.1, 0.15) is 16.6 Å². The number of rotatable bonds is 7. The number of halogens is 5. The van der Waals surface area contributed by atoms with Gasteiger partial charge in [-0.25, -0.2) is 32.5 Å². The van der Waals surface area contributed by atoms with Crippen molar-refractivity contribution in [1.82, 2.24) is 13.7 Å². The van der Waals surface area contributed by atoms with Gasteiger partial charge < -0.3 is 10.5 Å². The first-order valence-electron chi connectivity index (χ1n) is 11.4. The summed E-state index contributed by atoms with van der Waals surface area (Å²) in [4.78, 5) is 40.5. The second-order valence-corrected chi connectivity index (χ2v) is 8.83. The molecule has 4 aromatic rings. The summed E-state index contributed by atoms with van der Waals surface area (Å²) in [7, 11) is 1.29. The summed E-state index contributed by atoms with van der Waals surface area (Å²) in [6.45, 7) is -1.57. The molecule has 0 aliphatic heterocycles.